The van der Waals surface area contributed by atoms with Gasteiger partial charge >= 0.3 is 0 Å². The first-order valence-electron chi connectivity index (χ1n) is 5.26. The highest BCUT2D eigenvalue weighted by atomic mass is 35.5. The molecule has 0 unspecified atom stereocenters. The monoisotopic (exact) mass is 298 g/mol. The Hall–Kier alpha value is -1.86. The van der Waals surface area contributed by atoms with Crippen LogP contribution < -0.4 is 10.5 Å². The Morgan fingerprint density at radius 1 is 1.26 bits per heavy atom. The maximum atomic E-state index is 12.1. The third-order valence-corrected chi connectivity index (χ3v) is 3.74. The first-order chi connectivity index (χ1) is 8.87. The van der Waals surface area contributed by atoms with Gasteiger partial charge in [0, 0.05) is 11.4 Å². The molecule has 0 fully saturated rings. The molecule has 0 spiro atoms. The highest BCUT2D eigenvalue weighted by molar-refractivity contribution is 7.92. The second-order valence-corrected chi connectivity index (χ2v) is 5.90. The first kappa shape index (κ1) is 13.6. The van der Waals surface area contributed by atoms with Crippen LogP contribution in [-0.4, -0.2) is 18.4 Å². The van der Waals surface area contributed by atoms with Crippen molar-refractivity contribution in [2.45, 2.75) is 11.8 Å². The molecule has 3 N–H and O–H groups in total. The normalized spacial score (nSPS) is 11.3. The number of benzene rings is 1. The number of nitrogen functional groups attached to an aromatic ring is 1. The molecule has 0 bridgehead atoms. The number of hydrogen-bond acceptors (Lipinski definition) is 5. The molecule has 1 aromatic carbocycles. The zero-order valence-electron chi connectivity index (χ0n) is 9.96. The number of nitrogens with two attached hydrogens (primary N) is 1. The van der Waals surface area contributed by atoms with Crippen molar-refractivity contribution in [3.8, 4) is 0 Å². The molecule has 0 aliphatic rings. The van der Waals surface area contributed by atoms with E-state index in [0.717, 1.165) is 0 Å². The number of aryl methyl sites for hydroxylation is 1. The maximum Gasteiger partial charge on any atom is 0.264 e. The molecule has 1 aromatic heterocycles. The van der Waals surface area contributed by atoms with Crippen LogP contribution >= 0.6 is 11.6 Å². The van der Waals surface area contributed by atoms with Crippen molar-refractivity contribution in [3.05, 3.63) is 41.2 Å². The number of nitrogens with one attached hydrogen (secondary N) is 1. The molecular formula is C11H11ClN4O2S. The molecule has 0 atom stereocenters. The quantitative estimate of drug-likeness (QED) is 0.665. The predicted octanol–water partition coefficient (Wildman–Crippen LogP) is 1.82. The fourth-order valence-electron chi connectivity index (χ4n) is 1.44. The van der Waals surface area contributed by atoms with E-state index in [1.54, 1.807) is 19.1 Å². The zero-order valence-corrected chi connectivity index (χ0v) is 11.5. The highest BCUT2D eigenvalue weighted by Gasteiger charge is 2.16. The third kappa shape index (κ3) is 3.33. The van der Waals surface area contributed by atoms with Crippen molar-refractivity contribution in [2.75, 3.05) is 10.5 Å². The van der Waals surface area contributed by atoms with E-state index in [1.165, 1.54) is 18.2 Å². The zero-order chi connectivity index (χ0) is 14.0. The lowest BCUT2D eigenvalue weighted by atomic mass is 10.3. The smallest absolute Gasteiger partial charge is 0.264 e. The van der Waals surface area contributed by atoms with Crippen LogP contribution in [-0.2, 0) is 10.0 Å². The van der Waals surface area contributed by atoms with E-state index in [9.17, 15) is 8.42 Å². The SMILES string of the molecule is Cc1cc(Cl)nc(NS(=O)(=O)c2cccc(N)c2)n1. The Labute approximate surface area is 115 Å². The minimum absolute atomic E-state index is 0.0359. The molecule has 0 amide bonds. The van der Waals surface area contributed by atoms with E-state index in [1.807, 2.05) is 0 Å². The van der Waals surface area contributed by atoms with Gasteiger partial charge in [-0.2, -0.15) is 0 Å². The van der Waals surface area contributed by atoms with E-state index in [0.29, 0.717) is 11.4 Å². The molecule has 100 valence electrons. The van der Waals surface area contributed by atoms with Crippen molar-refractivity contribution < 1.29 is 8.42 Å². The molecule has 0 saturated heterocycles. The van der Waals surface area contributed by atoms with Crippen molar-refractivity contribution in [1.29, 1.82) is 0 Å². The Morgan fingerprint density at radius 2 is 2.00 bits per heavy atom. The van der Waals surface area contributed by atoms with Crippen molar-refractivity contribution in [2.24, 2.45) is 0 Å². The molecule has 0 aliphatic heterocycles. The number of aromatic nitrogens is 2. The topological polar surface area (TPSA) is 98.0 Å². The van der Waals surface area contributed by atoms with E-state index in [4.69, 9.17) is 17.3 Å². The molecule has 0 radical (unpaired) electrons. The molecule has 0 saturated carbocycles. The van der Waals surface area contributed by atoms with Gasteiger partial charge in [0.05, 0.1) is 4.90 Å². The average molecular weight is 299 g/mol. The van der Waals surface area contributed by atoms with Crippen LogP contribution in [0.25, 0.3) is 0 Å². The maximum absolute atomic E-state index is 12.1. The van der Waals surface area contributed by atoms with Crippen LogP contribution in [0.2, 0.25) is 5.15 Å². The van der Waals surface area contributed by atoms with Gasteiger partial charge in [0.1, 0.15) is 5.15 Å². The van der Waals surface area contributed by atoms with E-state index in [-0.39, 0.29) is 16.0 Å². The third-order valence-electron chi connectivity index (χ3n) is 2.22. The first-order valence-corrected chi connectivity index (χ1v) is 7.12. The van der Waals surface area contributed by atoms with Crippen molar-refractivity contribution >= 4 is 33.3 Å². The number of halogens is 1. The minimum Gasteiger partial charge on any atom is -0.399 e. The summed E-state index contributed by atoms with van der Waals surface area (Å²) in [5, 5.41) is 0.165. The van der Waals surface area contributed by atoms with Crippen LogP contribution in [0, 0.1) is 6.92 Å². The lowest BCUT2D eigenvalue weighted by Crippen LogP contribution is -2.15. The summed E-state index contributed by atoms with van der Waals surface area (Å²) >= 11 is 5.74. The fraction of sp³-hybridized carbons (Fsp3) is 0.0909. The number of nitrogens with zero attached hydrogens (tertiary/aromatic N) is 2. The van der Waals surface area contributed by atoms with Gasteiger partial charge in [-0.05, 0) is 31.2 Å². The van der Waals surface area contributed by atoms with E-state index >= 15 is 0 Å². The molecule has 1 heterocycles. The second kappa shape index (κ2) is 5.02. The van der Waals surface area contributed by atoms with Crippen molar-refractivity contribution in [1.82, 2.24) is 9.97 Å². The molecule has 2 rings (SSSR count). The number of anilines is 2. The average Bonchev–Trinajstić information content (AvgIpc) is 2.26. The molecule has 8 heteroatoms. The number of hydrogen-bond donors (Lipinski definition) is 2. The summed E-state index contributed by atoms with van der Waals surface area (Å²) in [6.45, 7) is 1.69. The van der Waals surface area contributed by atoms with Crippen molar-refractivity contribution in [3.63, 3.8) is 0 Å². The molecule has 2 aromatic rings. The van der Waals surface area contributed by atoms with Gasteiger partial charge in [-0.3, -0.25) is 0 Å². The Bertz CT molecular complexity index is 698. The van der Waals surface area contributed by atoms with Gasteiger partial charge in [-0.25, -0.2) is 23.1 Å². The summed E-state index contributed by atoms with van der Waals surface area (Å²) in [6.07, 6.45) is 0. The van der Waals surface area contributed by atoms with Gasteiger partial charge in [0.25, 0.3) is 10.0 Å². The van der Waals surface area contributed by atoms with Crippen LogP contribution in [0.5, 0.6) is 0 Å². The van der Waals surface area contributed by atoms with Gasteiger partial charge in [0.2, 0.25) is 5.95 Å². The number of sulfonamides is 1. The summed E-state index contributed by atoms with van der Waals surface area (Å²) < 4.78 is 26.4. The highest BCUT2D eigenvalue weighted by Crippen LogP contribution is 2.17. The van der Waals surface area contributed by atoms with E-state index < -0.39 is 10.0 Å². The summed E-state index contributed by atoms with van der Waals surface area (Å²) in [7, 11) is -3.78. The second-order valence-electron chi connectivity index (χ2n) is 3.83. The lowest BCUT2D eigenvalue weighted by Gasteiger charge is -2.07. The summed E-state index contributed by atoms with van der Waals surface area (Å²) in [4.78, 5) is 7.79. The van der Waals surface area contributed by atoms with Crippen LogP contribution in [0.4, 0.5) is 11.6 Å². The van der Waals surface area contributed by atoms with Crippen LogP contribution in [0.15, 0.2) is 35.2 Å². The predicted molar refractivity (Wildman–Crippen MR) is 73.4 cm³/mol. The summed E-state index contributed by atoms with van der Waals surface area (Å²) in [6, 6.07) is 7.45. The Morgan fingerprint density at radius 3 is 2.63 bits per heavy atom. The molecule has 6 nitrogen and oxygen atoms in total. The Kier molecular flexibility index (Phi) is 3.59. The summed E-state index contributed by atoms with van der Waals surface area (Å²) in [5.74, 6) is -0.0765. The standard InChI is InChI=1S/C11H11ClN4O2S/c1-7-5-10(12)15-11(14-7)16-19(17,18)9-4-2-3-8(13)6-9/h2-6H,13H2,1H3,(H,14,15,16). The van der Waals surface area contributed by atoms with Gasteiger partial charge in [-0.1, -0.05) is 17.7 Å². The Balaban J connectivity index is 2.36. The minimum atomic E-state index is -3.78. The van der Waals surface area contributed by atoms with Gasteiger partial charge < -0.3 is 5.73 Å². The van der Waals surface area contributed by atoms with Gasteiger partial charge in [-0.15, -0.1) is 0 Å². The molecule has 0 aliphatic carbocycles. The van der Waals surface area contributed by atoms with Gasteiger partial charge in [0.15, 0.2) is 0 Å². The number of rotatable bonds is 3. The molecular weight excluding hydrogens is 288 g/mol. The fourth-order valence-corrected chi connectivity index (χ4v) is 2.67. The van der Waals surface area contributed by atoms with Crippen LogP contribution in [0.3, 0.4) is 0 Å². The molecule has 19 heavy (non-hydrogen) atoms. The van der Waals surface area contributed by atoms with E-state index in [2.05, 4.69) is 14.7 Å². The largest absolute Gasteiger partial charge is 0.399 e. The summed E-state index contributed by atoms with van der Waals surface area (Å²) in [5.41, 5.74) is 6.47. The lowest BCUT2D eigenvalue weighted by molar-refractivity contribution is 0.601. The van der Waals surface area contributed by atoms with Crippen LogP contribution in [0.1, 0.15) is 5.69 Å².